The van der Waals surface area contributed by atoms with Crippen LogP contribution in [0.5, 0.6) is 5.75 Å². The summed E-state index contributed by atoms with van der Waals surface area (Å²) in [7, 11) is 3.28. The molecule has 5 saturated carbocycles. The summed E-state index contributed by atoms with van der Waals surface area (Å²) in [6.07, 6.45) is 2.76. The Balaban J connectivity index is 1.15. The second kappa shape index (κ2) is 12.6. The Morgan fingerprint density at radius 3 is 2.43 bits per heavy atom. The van der Waals surface area contributed by atoms with Gasteiger partial charge in [-0.25, -0.2) is 4.79 Å². The number of hydrogen-bond donors (Lipinski definition) is 3. The van der Waals surface area contributed by atoms with Crippen LogP contribution in [-0.4, -0.2) is 108 Å². The van der Waals surface area contributed by atoms with Crippen LogP contribution in [0.15, 0.2) is 48.5 Å². The first-order chi connectivity index (χ1) is 24.6. The number of nitrogens with zero attached hydrogens (tertiary/aromatic N) is 1. The smallest absolute Gasteiger partial charge is 0.339 e. The number of aliphatic hydroxyl groups is 3. The Hall–Kier alpha value is -2.86. The molecule has 8 rings (SSSR count). The van der Waals surface area contributed by atoms with Crippen molar-refractivity contribution in [3.63, 3.8) is 0 Å². The number of hydrogen-bond acceptors (Lipinski definition) is 10. The predicted octanol–water partition coefficient (Wildman–Crippen LogP) is 4.07. The lowest BCUT2D eigenvalue weighted by atomic mass is 9.42. The molecule has 12 atom stereocenters. The third-order valence-corrected chi connectivity index (χ3v) is 14.6. The van der Waals surface area contributed by atoms with Gasteiger partial charge in [-0.15, -0.1) is 0 Å². The molecule has 2 aromatic carbocycles. The van der Waals surface area contributed by atoms with E-state index in [1.165, 1.54) is 0 Å². The van der Waals surface area contributed by atoms with Gasteiger partial charge in [0.15, 0.2) is 5.78 Å². The normalized spacial score (nSPS) is 41.7. The van der Waals surface area contributed by atoms with E-state index in [4.69, 9.17) is 18.9 Å². The van der Waals surface area contributed by atoms with Gasteiger partial charge in [-0.3, -0.25) is 9.69 Å². The van der Waals surface area contributed by atoms with Crippen molar-refractivity contribution < 1.29 is 43.9 Å². The molecule has 10 heteroatoms. The van der Waals surface area contributed by atoms with E-state index < -0.39 is 34.3 Å². The van der Waals surface area contributed by atoms with Crippen molar-refractivity contribution in [1.82, 2.24) is 4.90 Å². The first-order valence-electron chi connectivity index (χ1n) is 19.0. The molecule has 2 aromatic rings. The highest BCUT2D eigenvalue weighted by Gasteiger charge is 2.88. The van der Waals surface area contributed by atoms with Crippen molar-refractivity contribution in [1.29, 1.82) is 0 Å². The van der Waals surface area contributed by atoms with Crippen LogP contribution in [0.2, 0.25) is 0 Å². The number of Topliss-reactive ketones (excluding diaryl/α,β-unsaturated/α-hetero) is 1. The molecular weight excluding hydrogens is 650 g/mol. The lowest BCUT2D eigenvalue weighted by molar-refractivity contribution is -0.333. The number of aliphatic hydroxyl groups excluding tert-OH is 1. The molecule has 10 nitrogen and oxygen atoms in total. The van der Waals surface area contributed by atoms with Crippen LogP contribution >= 0.6 is 0 Å². The summed E-state index contributed by atoms with van der Waals surface area (Å²) in [4.78, 5) is 30.4. The lowest BCUT2D eigenvalue weighted by Crippen LogP contribution is -2.82. The van der Waals surface area contributed by atoms with Gasteiger partial charge in [0.05, 0.1) is 24.4 Å². The zero-order valence-corrected chi connectivity index (χ0v) is 30.3. The molecule has 3 N–H and O–H groups in total. The van der Waals surface area contributed by atoms with Crippen molar-refractivity contribution in [2.24, 2.45) is 35.0 Å². The van der Waals surface area contributed by atoms with Gasteiger partial charge in [-0.1, -0.05) is 32.0 Å². The molecule has 5 aliphatic carbocycles. The number of rotatable bonds is 12. The molecule has 6 aliphatic rings. The van der Waals surface area contributed by atoms with Gasteiger partial charge < -0.3 is 34.3 Å². The van der Waals surface area contributed by atoms with Gasteiger partial charge in [0.2, 0.25) is 0 Å². The number of methoxy groups -OCH3 is 2. The maximum atomic E-state index is 14.5. The van der Waals surface area contributed by atoms with Crippen LogP contribution in [0.4, 0.5) is 0 Å². The molecule has 51 heavy (non-hydrogen) atoms. The number of ketones is 1. The van der Waals surface area contributed by atoms with Gasteiger partial charge in [0, 0.05) is 80.9 Å². The largest absolute Gasteiger partial charge is 0.494 e. The Morgan fingerprint density at radius 2 is 1.75 bits per heavy atom. The van der Waals surface area contributed by atoms with Crippen LogP contribution in [0, 0.1) is 35.0 Å². The quantitative estimate of drug-likeness (QED) is 0.220. The second-order valence-electron chi connectivity index (χ2n) is 16.2. The molecule has 1 aliphatic heterocycles. The molecule has 0 radical (unpaired) electrons. The van der Waals surface area contributed by atoms with E-state index in [1.54, 1.807) is 50.6 Å². The third kappa shape index (κ3) is 4.62. The number of benzene rings is 2. The molecule has 0 aromatic heterocycles. The number of carbonyl (C=O) groups is 2. The first kappa shape index (κ1) is 35.2. The van der Waals surface area contributed by atoms with Crippen molar-refractivity contribution in [3.05, 3.63) is 65.2 Å². The fourth-order valence-electron chi connectivity index (χ4n) is 12.9. The minimum atomic E-state index is -1.53. The summed E-state index contributed by atoms with van der Waals surface area (Å²) in [5.74, 6) is -0.994. The number of likely N-dealkylation sites (N-methyl/N-ethyl adjacent to an activating group) is 1. The number of likely N-dealkylation sites (tertiary alicyclic amines) is 1. The van der Waals surface area contributed by atoms with Crippen LogP contribution in [0.1, 0.15) is 78.7 Å². The lowest BCUT2D eigenvalue weighted by Gasteiger charge is -2.71. The van der Waals surface area contributed by atoms with E-state index in [1.807, 2.05) is 19.1 Å². The summed E-state index contributed by atoms with van der Waals surface area (Å²) in [6, 6.07) is 14.2. The number of fused-ring (bicyclic) bond motifs is 2. The summed E-state index contributed by atoms with van der Waals surface area (Å²) in [6.45, 7) is 5.89. The van der Waals surface area contributed by atoms with E-state index in [2.05, 4.69) is 11.8 Å². The number of carbonyl (C=O) groups excluding carboxylic acids is 2. The van der Waals surface area contributed by atoms with Crippen molar-refractivity contribution in [2.75, 3.05) is 40.5 Å². The Kier molecular flexibility index (Phi) is 8.71. The van der Waals surface area contributed by atoms with Gasteiger partial charge in [0.25, 0.3) is 0 Å². The molecule has 1 saturated heterocycles. The fourth-order valence-corrected chi connectivity index (χ4v) is 12.9. The molecule has 0 amide bonds. The minimum Gasteiger partial charge on any atom is -0.494 e. The molecule has 3 unspecified atom stereocenters. The summed E-state index contributed by atoms with van der Waals surface area (Å²) in [5, 5.41) is 37.0. The van der Waals surface area contributed by atoms with Gasteiger partial charge in [-0.05, 0) is 80.5 Å². The molecule has 7 bridgehead atoms. The average Bonchev–Trinajstić information content (AvgIpc) is 3.57. The maximum absolute atomic E-state index is 14.5. The van der Waals surface area contributed by atoms with Crippen LogP contribution in [0.25, 0.3) is 0 Å². The van der Waals surface area contributed by atoms with E-state index in [9.17, 15) is 24.9 Å². The van der Waals surface area contributed by atoms with Crippen molar-refractivity contribution in [2.45, 2.75) is 93.8 Å². The standard InChI is InChI=1S/C41H53NO9/c1-5-17-50-27-13-11-24(12-14-27)31(44)18-25-9-7-8-10-28(25)37(45)51-38-16-15-26(22-43)40-33(38)20-30(35(40)42(6-2)23-38)39(46)21-32(48-3)29-19-34(40)41(39,47)36(29)49-4/h7-14,26,29-30,32-36,43,46-47H,5-6,15-23H2,1-4H3/t26-,29-,30+,32+,33?,34?,35?,36+,38-,39+,40+,41+/m1/s1. The first-order valence-corrected chi connectivity index (χ1v) is 19.0. The van der Waals surface area contributed by atoms with Crippen molar-refractivity contribution in [3.8, 4) is 5.75 Å². The third-order valence-electron chi connectivity index (χ3n) is 14.6. The summed E-state index contributed by atoms with van der Waals surface area (Å²) in [5.41, 5.74) is -2.99. The number of esters is 1. The highest BCUT2D eigenvalue weighted by atomic mass is 16.6. The van der Waals surface area contributed by atoms with Crippen molar-refractivity contribution >= 4 is 11.8 Å². The molecule has 6 fully saturated rings. The van der Waals surface area contributed by atoms with Gasteiger partial charge in [0.1, 0.15) is 22.6 Å². The van der Waals surface area contributed by atoms with Crippen LogP contribution in [0.3, 0.4) is 0 Å². The van der Waals surface area contributed by atoms with Gasteiger partial charge >= 0.3 is 5.97 Å². The highest BCUT2D eigenvalue weighted by molar-refractivity contribution is 6.00. The van der Waals surface area contributed by atoms with E-state index in [-0.39, 0.29) is 60.5 Å². The van der Waals surface area contributed by atoms with E-state index in [0.717, 1.165) is 6.42 Å². The second-order valence-corrected chi connectivity index (χ2v) is 16.2. The predicted molar refractivity (Wildman–Crippen MR) is 187 cm³/mol. The highest BCUT2D eigenvalue weighted by Crippen LogP contribution is 2.80. The summed E-state index contributed by atoms with van der Waals surface area (Å²) >= 11 is 0. The molecular formula is C41H53NO9. The molecule has 1 heterocycles. The summed E-state index contributed by atoms with van der Waals surface area (Å²) < 4.78 is 24.6. The minimum absolute atomic E-state index is 0.0427. The zero-order valence-electron chi connectivity index (χ0n) is 30.3. The Morgan fingerprint density at radius 1 is 0.980 bits per heavy atom. The Bertz CT molecular complexity index is 1670. The topological polar surface area (TPSA) is 135 Å². The van der Waals surface area contributed by atoms with Crippen LogP contribution < -0.4 is 4.74 Å². The number of ether oxygens (including phenoxy) is 4. The maximum Gasteiger partial charge on any atom is 0.339 e. The monoisotopic (exact) mass is 703 g/mol. The van der Waals surface area contributed by atoms with E-state index >= 15 is 0 Å². The molecule has 1 spiro atoms. The van der Waals surface area contributed by atoms with Crippen LogP contribution in [-0.2, 0) is 20.6 Å². The Labute approximate surface area is 300 Å². The van der Waals surface area contributed by atoms with E-state index in [0.29, 0.717) is 74.2 Å². The molecule has 276 valence electrons. The number of piperidine rings is 1. The zero-order chi connectivity index (χ0) is 35.9. The SMILES string of the molecule is CCCOc1ccc(C(=O)Cc2ccccc2C(=O)O[C@@]23CC[C@H](CO)[C@]45C([C@H](CC24)[C@@]2(O)C[C@H](OC)[C@H]4CC5[C@]2(O)[C@H]4OC)N(CC)C3)cc1. The average molecular weight is 704 g/mol. The fraction of sp³-hybridized carbons (Fsp3) is 0.659. The van der Waals surface area contributed by atoms with Gasteiger partial charge in [-0.2, -0.15) is 0 Å².